The van der Waals surface area contributed by atoms with Crippen LogP contribution in [0.25, 0.3) is 0 Å². The Kier molecular flexibility index (Phi) is 3.37. The number of nitrogens with one attached hydrogen (secondary N) is 1. The third-order valence-electron chi connectivity index (χ3n) is 2.13. The van der Waals surface area contributed by atoms with Gasteiger partial charge in [0.25, 0.3) is 5.91 Å². The molecule has 18 heavy (non-hydrogen) atoms. The number of carbonyl (C=O) groups is 2. The van der Waals surface area contributed by atoms with Gasteiger partial charge in [-0.25, -0.2) is 9.48 Å². The molecule has 2 heterocycles. The average molecular weight is 250 g/mol. The zero-order valence-corrected chi connectivity index (χ0v) is 9.24. The van der Waals surface area contributed by atoms with Crippen molar-refractivity contribution in [3.63, 3.8) is 0 Å². The second-order valence-electron chi connectivity index (χ2n) is 3.41. The van der Waals surface area contributed by atoms with E-state index < -0.39 is 5.97 Å². The maximum absolute atomic E-state index is 11.5. The highest BCUT2D eigenvalue weighted by Crippen LogP contribution is 1.98. The number of furan rings is 1. The maximum atomic E-state index is 11.5. The number of aromatic nitrogens is 3. The van der Waals surface area contributed by atoms with Crippen molar-refractivity contribution >= 4 is 11.9 Å². The molecule has 0 fully saturated rings. The largest absolute Gasteiger partial charge is 0.476 e. The second kappa shape index (κ2) is 5.13. The van der Waals surface area contributed by atoms with Crippen molar-refractivity contribution in [1.82, 2.24) is 20.3 Å². The molecule has 0 unspecified atom stereocenters. The van der Waals surface area contributed by atoms with Crippen LogP contribution in [-0.2, 0) is 6.54 Å². The lowest BCUT2D eigenvalue weighted by molar-refractivity contribution is 0.0690. The number of hydrogen-bond acceptors (Lipinski definition) is 5. The van der Waals surface area contributed by atoms with Crippen molar-refractivity contribution in [2.75, 3.05) is 6.54 Å². The van der Waals surface area contributed by atoms with Gasteiger partial charge >= 0.3 is 5.97 Å². The van der Waals surface area contributed by atoms with Crippen LogP contribution in [0, 0.1) is 0 Å². The highest BCUT2D eigenvalue weighted by molar-refractivity contribution is 5.91. The fourth-order valence-corrected chi connectivity index (χ4v) is 1.28. The lowest BCUT2D eigenvalue weighted by atomic mass is 10.4. The van der Waals surface area contributed by atoms with Crippen LogP contribution in [0.5, 0.6) is 0 Å². The third kappa shape index (κ3) is 2.73. The second-order valence-corrected chi connectivity index (χ2v) is 3.41. The van der Waals surface area contributed by atoms with Gasteiger partial charge in [-0.3, -0.25) is 4.79 Å². The monoisotopic (exact) mass is 250 g/mol. The van der Waals surface area contributed by atoms with E-state index >= 15 is 0 Å². The van der Waals surface area contributed by atoms with Gasteiger partial charge in [0.1, 0.15) is 0 Å². The van der Waals surface area contributed by atoms with Crippen molar-refractivity contribution in [2.45, 2.75) is 6.54 Å². The molecular weight excluding hydrogens is 240 g/mol. The van der Waals surface area contributed by atoms with E-state index in [2.05, 4.69) is 15.6 Å². The quantitative estimate of drug-likeness (QED) is 0.772. The van der Waals surface area contributed by atoms with Gasteiger partial charge in [-0.1, -0.05) is 5.21 Å². The summed E-state index contributed by atoms with van der Waals surface area (Å²) in [5, 5.41) is 18.3. The van der Waals surface area contributed by atoms with Crippen molar-refractivity contribution < 1.29 is 19.1 Å². The molecule has 8 heteroatoms. The lowest BCUT2D eigenvalue weighted by Crippen LogP contribution is -2.27. The van der Waals surface area contributed by atoms with Gasteiger partial charge in [0, 0.05) is 6.54 Å². The van der Waals surface area contributed by atoms with Gasteiger partial charge in [-0.05, 0) is 12.1 Å². The van der Waals surface area contributed by atoms with Gasteiger partial charge in [0.15, 0.2) is 11.5 Å². The first-order valence-electron chi connectivity index (χ1n) is 5.12. The number of carbonyl (C=O) groups excluding carboxylic acids is 1. The Morgan fingerprint density at radius 2 is 2.33 bits per heavy atom. The van der Waals surface area contributed by atoms with Crippen molar-refractivity contribution in [3.8, 4) is 0 Å². The Labute approximate surface area is 101 Å². The van der Waals surface area contributed by atoms with Crippen molar-refractivity contribution in [3.05, 3.63) is 36.0 Å². The van der Waals surface area contributed by atoms with E-state index in [1.165, 1.54) is 17.1 Å². The van der Waals surface area contributed by atoms with Crippen LogP contribution in [0.1, 0.15) is 21.0 Å². The Balaban J connectivity index is 1.81. The van der Waals surface area contributed by atoms with Gasteiger partial charge in [-0.2, -0.15) is 0 Å². The van der Waals surface area contributed by atoms with E-state index in [0.29, 0.717) is 13.1 Å². The highest BCUT2D eigenvalue weighted by atomic mass is 16.4. The summed E-state index contributed by atoms with van der Waals surface area (Å²) in [5.74, 6) is -1.25. The maximum Gasteiger partial charge on any atom is 0.358 e. The van der Waals surface area contributed by atoms with E-state index in [-0.39, 0.29) is 17.4 Å². The molecular formula is C10H10N4O4. The number of carboxylic acids is 1. The summed E-state index contributed by atoms with van der Waals surface area (Å²) < 4.78 is 6.25. The minimum atomic E-state index is -1.14. The molecule has 0 radical (unpaired) electrons. The molecule has 0 aromatic carbocycles. The van der Waals surface area contributed by atoms with Crippen LogP contribution < -0.4 is 5.32 Å². The first kappa shape index (κ1) is 11.8. The van der Waals surface area contributed by atoms with Gasteiger partial charge in [-0.15, -0.1) is 5.10 Å². The summed E-state index contributed by atoms with van der Waals surface area (Å²) in [6.45, 7) is 0.620. The fraction of sp³-hybridized carbons (Fsp3) is 0.200. The molecule has 2 aromatic heterocycles. The predicted molar refractivity (Wildman–Crippen MR) is 58.0 cm³/mol. The first-order valence-corrected chi connectivity index (χ1v) is 5.12. The zero-order valence-electron chi connectivity index (χ0n) is 9.24. The summed E-state index contributed by atoms with van der Waals surface area (Å²) in [5.41, 5.74) is -0.132. The molecule has 94 valence electrons. The number of hydrogen-bond donors (Lipinski definition) is 2. The minimum Gasteiger partial charge on any atom is -0.476 e. The third-order valence-corrected chi connectivity index (χ3v) is 2.13. The number of amides is 1. The molecule has 8 nitrogen and oxygen atoms in total. The van der Waals surface area contributed by atoms with Crippen molar-refractivity contribution in [1.29, 1.82) is 0 Å². The van der Waals surface area contributed by atoms with E-state index in [9.17, 15) is 9.59 Å². The zero-order chi connectivity index (χ0) is 13.0. The first-order chi connectivity index (χ1) is 8.66. The molecule has 0 saturated heterocycles. The Hall–Kier alpha value is -2.64. The van der Waals surface area contributed by atoms with Crippen LogP contribution >= 0.6 is 0 Å². The highest BCUT2D eigenvalue weighted by Gasteiger charge is 2.09. The van der Waals surface area contributed by atoms with Gasteiger partial charge < -0.3 is 14.8 Å². The molecule has 0 spiro atoms. The number of nitrogens with zero attached hydrogens (tertiary/aromatic N) is 3. The van der Waals surface area contributed by atoms with E-state index in [1.807, 2.05) is 0 Å². The molecule has 1 amide bonds. The molecule has 0 aliphatic rings. The summed E-state index contributed by atoms with van der Waals surface area (Å²) in [4.78, 5) is 22.0. The van der Waals surface area contributed by atoms with Crippen LogP contribution in [-0.4, -0.2) is 38.5 Å². The number of aromatic carboxylic acids is 1. The standard InChI is InChI=1S/C10H10N4O4/c15-9(8-2-1-5-18-8)11-3-4-14-6-7(10(16)17)12-13-14/h1-2,5-6H,3-4H2,(H,11,15)(H,16,17). The predicted octanol–water partition coefficient (Wildman–Crippen LogP) is -0.000700. The topological polar surface area (TPSA) is 110 Å². The molecule has 0 saturated carbocycles. The van der Waals surface area contributed by atoms with E-state index in [0.717, 1.165) is 0 Å². The number of rotatable bonds is 5. The van der Waals surface area contributed by atoms with E-state index in [4.69, 9.17) is 9.52 Å². The molecule has 2 rings (SSSR count). The summed E-state index contributed by atoms with van der Waals surface area (Å²) in [7, 11) is 0. The minimum absolute atomic E-state index is 0.132. The summed E-state index contributed by atoms with van der Waals surface area (Å²) >= 11 is 0. The molecule has 0 bridgehead atoms. The van der Waals surface area contributed by atoms with Gasteiger partial charge in [0.2, 0.25) is 0 Å². The Bertz CT molecular complexity index is 546. The SMILES string of the molecule is O=C(O)c1cn(CCNC(=O)c2ccco2)nn1. The smallest absolute Gasteiger partial charge is 0.358 e. The fourth-order valence-electron chi connectivity index (χ4n) is 1.28. The van der Waals surface area contributed by atoms with Crippen molar-refractivity contribution in [2.24, 2.45) is 0 Å². The van der Waals surface area contributed by atoms with Crippen LogP contribution in [0.15, 0.2) is 29.0 Å². The lowest BCUT2D eigenvalue weighted by Gasteiger charge is -2.02. The molecule has 0 aliphatic carbocycles. The molecule has 2 aromatic rings. The normalized spacial score (nSPS) is 10.2. The average Bonchev–Trinajstić information content (AvgIpc) is 3.00. The summed E-state index contributed by atoms with van der Waals surface area (Å²) in [6.07, 6.45) is 2.70. The molecule has 0 aliphatic heterocycles. The molecule has 2 N–H and O–H groups in total. The summed E-state index contributed by atoms with van der Waals surface area (Å²) in [6, 6.07) is 3.17. The molecule has 0 atom stereocenters. The van der Waals surface area contributed by atoms with Crippen LogP contribution in [0.2, 0.25) is 0 Å². The number of carboxylic acid groups (broad SMARTS) is 1. The van der Waals surface area contributed by atoms with Crippen LogP contribution in [0.4, 0.5) is 0 Å². The Morgan fingerprint density at radius 1 is 1.50 bits per heavy atom. The Morgan fingerprint density at radius 3 is 2.94 bits per heavy atom. The van der Waals surface area contributed by atoms with Gasteiger partial charge in [0.05, 0.1) is 19.0 Å². The van der Waals surface area contributed by atoms with Crippen LogP contribution in [0.3, 0.4) is 0 Å². The van der Waals surface area contributed by atoms with E-state index in [1.54, 1.807) is 12.1 Å².